The van der Waals surface area contributed by atoms with Crippen LogP contribution in [0, 0.1) is 0 Å². The molecule has 88 valence electrons. The Morgan fingerprint density at radius 2 is 2.24 bits per heavy atom. The molecule has 17 heavy (non-hydrogen) atoms. The molecule has 2 aromatic rings. The molecule has 0 bridgehead atoms. The van der Waals surface area contributed by atoms with Crippen molar-refractivity contribution in [2.45, 2.75) is 6.54 Å². The van der Waals surface area contributed by atoms with Gasteiger partial charge >= 0.3 is 0 Å². The van der Waals surface area contributed by atoms with Gasteiger partial charge in [0.05, 0.1) is 13.7 Å². The smallest absolute Gasteiger partial charge is 0.267 e. The summed E-state index contributed by atoms with van der Waals surface area (Å²) in [7, 11) is 1.61. The molecule has 1 heterocycles. The average molecular weight is 295 g/mol. The first-order valence-corrected chi connectivity index (χ1v) is 5.84. The Balaban J connectivity index is 2.39. The molecule has 0 aliphatic heterocycles. The summed E-state index contributed by atoms with van der Waals surface area (Å²) >= 11 is 3.39. The number of benzene rings is 1. The third kappa shape index (κ3) is 2.74. The van der Waals surface area contributed by atoms with Crippen LogP contribution in [0.4, 0.5) is 0 Å². The minimum atomic E-state index is -0.130. The van der Waals surface area contributed by atoms with Crippen LogP contribution in [-0.4, -0.2) is 16.9 Å². The van der Waals surface area contributed by atoms with Gasteiger partial charge in [-0.05, 0) is 24.3 Å². The van der Waals surface area contributed by atoms with E-state index >= 15 is 0 Å². The molecule has 0 atom stereocenters. The van der Waals surface area contributed by atoms with E-state index in [1.807, 2.05) is 18.2 Å². The highest BCUT2D eigenvalue weighted by Gasteiger charge is 2.05. The van der Waals surface area contributed by atoms with E-state index in [9.17, 15) is 4.79 Å². The largest absolute Gasteiger partial charge is 0.496 e. The maximum absolute atomic E-state index is 11.6. The van der Waals surface area contributed by atoms with Gasteiger partial charge in [-0.1, -0.05) is 15.9 Å². The summed E-state index contributed by atoms with van der Waals surface area (Å²) in [6.45, 7) is 0.391. The van der Waals surface area contributed by atoms with Gasteiger partial charge in [0.1, 0.15) is 5.75 Å². The van der Waals surface area contributed by atoms with Gasteiger partial charge in [0.25, 0.3) is 5.56 Å². The fraction of sp³-hybridized carbons (Fsp3) is 0.167. The van der Waals surface area contributed by atoms with Crippen molar-refractivity contribution in [3.8, 4) is 5.75 Å². The molecule has 0 aliphatic carbocycles. The number of nitrogens with zero attached hydrogens (tertiary/aromatic N) is 2. The third-order valence-electron chi connectivity index (χ3n) is 2.35. The van der Waals surface area contributed by atoms with E-state index < -0.39 is 0 Å². The van der Waals surface area contributed by atoms with Gasteiger partial charge in [0.15, 0.2) is 0 Å². The molecule has 0 radical (unpaired) electrons. The molecule has 5 heteroatoms. The molecule has 0 saturated carbocycles. The fourth-order valence-corrected chi connectivity index (χ4v) is 1.95. The summed E-state index contributed by atoms with van der Waals surface area (Å²) in [5.41, 5.74) is 0.775. The standard InChI is InChI=1S/C12H11BrN2O2/c1-17-11-5-4-10(13)7-9(11)8-15-12(16)3-2-6-14-15/h2-7H,8H2,1H3. The Morgan fingerprint density at radius 3 is 2.94 bits per heavy atom. The van der Waals surface area contributed by atoms with Crippen LogP contribution in [-0.2, 0) is 6.54 Å². The second kappa shape index (κ2) is 5.14. The van der Waals surface area contributed by atoms with Crippen LogP contribution in [0.1, 0.15) is 5.56 Å². The zero-order valence-electron chi connectivity index (χ0n) is 9.26. The molecular formula is C12H11BrN2O2. The summed E-state index contributed by atoms with van der Waals surface area (Å²) in [6, 6.07) is 8.77. The number of methoxy groups -OCH3 is 1. The molecule has 0 amide bonds. The topological polar surface area (TPSA) is 44.1 Å². The minimum Gasteiger partial charge on any atom is -0.496 e. The van der Waals surface area contributed by atoms with Gasteiger partial charge in [0.2, 0.25) is 0 Å². The van der Waals surface area contributed by atoms with Crippen LogP contribution in [0.25, 0.3) is 0 Å². The zero-order valence-corrected chi connectivity index (χ0v) is 10.8. The number of halogens is 1. The normalized spacial score (nSPS) is 10.2. The van der Waals surface area contributed by atoms with Crippen molar-refractivity contribution < 1.29 is 4.74 Å². The third-order valence-corrected chi connectivity index (χ3v) is 2.84. The van der Waals surface area contributed by atoms with Crippen LogP contribution in [0.5, 0.6) is 5.75 Å². The van der Waals surface area contributed by atoms with Gasteiger partial charge in [-0.25, -0.2) is 4.68 Å². The average Bonchev–Trinajstić information content (AvgIpc) is 2.32. The van der Waals surface area contributed by atoms with Crippen molar-refractivity contribution in [2.75, 3.05) is 7.11 Å². The molecular weight excluding hydrogens is 284 g/mol. The Labute approximate surface area is 107 Å². The fourth-order valence-electron chi connectivity index (χ4n) is 1.54. The van der Waals surface area contributed by atoms with E-state index in [-0.39, 0.29) is 5.56 Å². The van der Waals surface area contributed by atoms with Crippen molar-refractivity contribution in [2.24, 2.45) is 0 Å². The summed E-state index contributed by atoms with van der Waals surface area (Å²) in [5.74, 6) is 0.741. The summed E-state index contributed by atoms with van der Waals surface area (Å²) in [6.07, 6.45) is 1.59. The second-order valence-electron chi connectivity index (χ2n) is 3.48. The van der Waals surface area contributed by atoms with Gasteiger partial charge in [-0.3, -0.25) is 4.79 Å². The Morgan fingerprint density at radius 1 is 1.41 bits per heavy atom. The Hall–Kier alpha value is -1.62. The van der Waals surface area contributed by atoms with Crippen molar-refractivity contribution in [3.63, 3.8) is 0 Å². The van der Waals surface area contributed by atoms with Gasteiger partial charge in [-0.2, -0.15) is 5.10 Å². The molecule has 1 aromatic carbocycles. The summed E-state index contributed by atoms with van der Waals surface area (Å²) in [5, 5.41) is 4.01. The van der Waals surface area contributed by atoms with Crippen molar-refractivity contribution in [3.05, 3.63) is 56.9 Å². The maximum atomic E-state index is 11.6. The van der Waals surface area contributed by atoms with E-state index in [1.165, 1.54) is 10.7 Å². The maximum Gasteiger partial charge on any atom is 0.267 e. The Kier molecular flexibility index (Phi) is 3.58. The quantitative estimate of drug-likeness (QED) is 0.870. The molecule has 0 aliphatic rings. The number of hydrogen-bond acceptors (Lipinski definition) is 3. The predicted octanol–water partition coefficient (Wildman–Crippen LogP) is 2.06. The first kappa shape index (κ1) is 11.9. The van der Waals surface area contributed by atoms with Crippen LogP contribution >= 0.6 is 15.9 Å². The van der Waals surface area contributed by atoms with E-state index in [0.717, 1.165) is 15.8 Å². The lowest BCUT2D eigenvalue weighted by Gasteiger charge is -2.09. The summed E-state index contributed by atoms with van der Waals surface area (Å²) < 4.78 is 7.58. The number of ether oxygens (including phenoxy) is 1. The van der Waals surface area contributed by atoms with Crippen molar-refractivity contribution in [1.29, 1.82) is 0 Å². The number of aromatic nitrogens is 2. The highest BCUT2D eigenvalue weighted by Crippen LogP contribution is 2.23. The lowest BCUT2D eigenvalue weighted by Crippen LogP contribution is -2.21. The van der Waals surface area contributed by atoms with Crippen LogP contribution in [0.3, 0.4) is 0 Å². The highest BCUT2D eigenvalue weighted by molar-refractivity contribution is 9.10. The van der Waals surface area contributed by atoms with E-state index in [0.29, 0.717) is 6.54 Å². The monoisotopic (exact) mass is 294 g/mol. The van der Waals surface area contributed by atoms with E-state index in [1.54, 1.807) is 19.4 Å². The van der Waals surface area contributed by atoms with Gasteiger partial charge in [0, 0.05) is 22.3 Å². The molecule has 1 aromatic heterocycles. The molecule has 2 rings (SSSR count). The SMILES string of the molecule is COc1ccc(Br)cc1Cn1ncccc1=O. The zero-order chi connectivity index (χ0) is 12.3. The first-order valence-electron chi connectivity index (χ1n) is 5.05. The minimum absolute atomic E-state index is 0.130. The predicted molar refractivity (Wildman–Crippen MR) is 68.3 cm³/mol. The molecule has 4 nitrogen and oxygen atoms in total. The lowest BCUT2D eigenvalue weighted by atomic mass is 10.2. The van der Waals surface area contributed by atoms with E-state index in [4.69, 9.17) is 4.74 Å². The first-order chi connectivity index (χ1) is 8.20. The highest BCUT2D eigenvalue weighted by atomic mass is 79.9. The molecule has 0 fully saturated rings. The Bertz CT molecular complexity index is 581. The van der Waals surface area contributed by atoms with Crippen molar-refractivity contribution in [1.82, 2.24) is 9.78 Å². The number of hydrogen-bond donors (Lipinski definition) is 0. The molecule has 0 N–H and O–H groups in total. The lowest BCUT2D eigenvalue weighted by molar-refractivity contribution is 0.406. The van der Waals surface area contributed by atoms with Gasteiger partial charge < -0.3 is 4.74 Å². The molecule has 0 unspecified atom stereocenters. The van der Waals surface area contributed by atoms with Crippen LogP contribution in [0.15, 0.2) is 45.8 Å². The second-order valence-corrected chi connectivity index (χ2v) is 4.39. The molecule has 0 saturated heterocycles. The van der Waals surface area contributed by atoms with Crippen LogP contribution < -0.4 is 10.3 Å². The molecule has 0 spiro atoms. The van der Waals surface area contributed by atoms with Crippen molar-refractivity contribution >= 4 is 15.9 Å². The number of rotatable bonds is 3. The summed E-state index contributed by atoms with van der Waals surface area (Å²) in [4.78, 5) is 11.6. The van der Waals surface area contributed by atoms with E-state index in [2.05, 4.69) is 21.0 Å². The van der Waals surface area contributed by atoms with Gasteiger partial charge in [-0.15, -0.1) is 0 Å². The van der Waals surface area contributed by atoms with Crippen LogP contribution in [0.2, 0.25) is 0 Å².